The molecular formula is C19H18N4O3. The molecule has 0 unspecified atom stereocenters. The highest BCUT2D eigenvalue weighted by molar-refractivity contribution is 6.08. The van der Waals surface area contributed by atoms with Crippen LogP contribution in [0.3, 0.4) is 0 Å². The molecule has 0 atom stereocenters. The number of hydrogen-bond donors (Lipinski definition) is 1. The number of H-pyrrole nitrogens is 1. The minimum Gasteiger partial charge on any atom is -0.360 e. The summed E-state index contributed by atoms with van der Waals surface area (Å²) < 4.78 is 2.07. The van der Waals surface area contributed by atoms with Crippen LogP contribution in [0.2, 0.25) is 0 Å². The first-order chi connectivity index (χ1) is 12.5. The van der Waals surface area contributed by atoms with Crippen LogP contribution in [0.5, 0.6) is 0 Å². The summed E-state index contributed by atoms with van der Waals surface area (Å²) in [4.78, 5) is 40.6. The largest absolute Gasteiger partial charge is 0.360 e. The Morgan fingerprint density at radius 2 is 2.04 bits per heavy atom. The highest BCUT2D eigenvalue weighted by Gasteiger charge is 2.18. The van der Waals surface area contributed by atoms with Crippen LogP contribution in [0.1, 0.15) is 35.3 Å². The van der Waals surface area contributed by atoms with E-state index in [4.69, 9.17) is 5.26 Å². The minimum atomic E-state index is -0.746. The van der Waals surface area contributed by atoms with Crippen molar-refractivity contribution in [2.75, 3.05) is 0 Å². The summed E-state index contributed by atoms with van der Waals surface area (Å²) in [6, 6.07) is 7.46. The molecule has 3 rings (SSSR count). The summed E-state index contributed by atoms with van der Waals surface area (Å²) in [6.45, 7) is 3.65. The maximum absolute atomic E-state index is 12.8. The van der Waals surface area contributed by atoms with Crippen molar-refractivity contribution in [2.24, 2.45) is 0 Å². The third-order valence-electron chi connectivity index (χ3n) is 4.48. The van der Waals surface area contributed by atoms with Crippen LogP contribution in [0, 0.1) is 11.3 Å². The third-order valence-corrected chi connectivity index (χ3v) is 4.48. The molecule has 0 bridgehead atoms. The summed E-state index contributed by atoms with van der Waals surface area (Å²) in [5.41, 5.74) is 0.878. The Morgan fingerprint density at radius 1 is 1.27 bits per heavy atom. The maximum atomic E-state index is 12.8. The SMILES string of the molecule is CCc1cccc2c(C(=O)Cn3c(=O)c(C#N)cn(CC)c3=O)c[nH]c12. The van der Waals surface area contributed by atoms with Gasteiger partial charge in [0.25, 0.3) is 5.56 Å². The van der Waals surface area contributed by atoms with Crippen molar-refractivity contribution in [3.8, 4) is 6.07 Å². The number of hydrogen-bond acceptors (Lipinski definition) is 4. The van der Waals surface area contributed by atoms with Gasteiger partial charge in [0.2, 0.25) is 0 Å². The molecule has 0 fully saturated rings. The number of fused-ring (bicyclic) bond motifs is 1. The van der Waals surface area contributed by atoms with Gasteiger partial charge in [-0.15, -0.1) is 0 Å². The Balaban J connectivity index is 2.09. The van der Waals surface area contributed by atoms with Crippen LogP contribution in [0.15, 0.2) is 40.2 Å². The number of nitrogens with one attached hydrogen (secondary N) is 1. The number of aryl methyl sites for hydroxylation is 2. The average Bonchev–Trinajstić information content (AvgIpc) is 3.09. The van der Waals surface area contributed by atoms with Gasteiger partial charge in [-0.05, 0) is 18.9 Å². The molecule has 0 spiro atoms. The van der Waals surface area contributed by atoms with Crippen molar-refractivity contribution in [1.29, 1.82) is 5.26 Å². The molecule has 2 aromatic heterocycles. The van der Waals surface area contributed by atoms with Crippen LogP contribution >= 0.6 is 0 Å². The smallest absolute Gasteiger partial charge is 0.331 e. The second kappa shape index (κ2) is 6.84. The Morgan fingerprint density at radius 3 is 2.69 bits per heavy atom. The van der Waals surface area contributed by atoms with E-state index in [1.807, 2.05) is 25.1 Å². The summed E-state index contributed by atoms with van der Waals surface area (Å²) in [5, 5.41) is 9.86. The molecule has 0 aliphatic rings. The number of nitriles is 1. The number of benzene rings is 1. The normalized spacial score (nSPS) is 10.8. The van der Waals surface area contributed by atoms with E-state index < -0.39 is 17.8 Å². The number of carbonyl (C=O) groups excluding carboxylic acids is 1. The monoisotopic (exact) mass is 350 g/mol. The van der Waals surface area contributed by atoms with E-state index in [0.29, 0.717) is 12.1 Å². The predicted octanol–water partition coefficient (Wildman–Crippen LogP) is 1.83. The van der Waals surface area contributed by atoms with Crippen LogP contribution in [-0.4, -0.2) is 19.9 Å². The Hall–Kier alpha value is -3.40. The molecule has 7 heteroatoms. The number of aromatic amines is 1. The molecule has 132 valence electrons. The first kappa shape index (κ1) is 17.4. The quantitative estimate of drug-likeness (QED) is 0.709. The molecule has 0 radical (unpaired) electrons. The topological polar surface area (TPSA) is 101 Å². The molecular weight excluding hydrogens is 332 g/mol. The molecule has 1 N–H and O–H groups in total. The lowest BCUT2D eigenvalue weighted by atomic mass is 10.0. The zero-order valence-electron chi connectivity index (χ0n) is 14.6. The van der Waals surface area contributed by atoms with E-state index in [-0.39, 0.29) is 11.3 Å². The fourth-order valence-corrected chi connectivity index (χ4v) is 3.07. The average molecular weight is 350 g/mol. The number of Topliss-reactive ketones (excluding diaryl/α,β-unsaturated/α-hetero) is 1. The van der Waals surface area contributed by atoms with Gasteiger partial charge < -0.3 is 4.98 Å². The number of aromatic nitrogens is 3. The van der Waals surface area contributed by atoms with Crippen molar-refractivity contribution in [3.05, 3.63) is 68.1 Å². The molecule has 26 heavy (non-hydrogen) atoms. The number of para-hydroxylation sites is 1. The molecule has 0 saturated heterocycles. The summed E-state index contributed by atoms with van der Waals surface area (Å²) in [7, 11) is 0. The first-order valence-corrected chi connectivity index (χ1v) is 8.38. The zero-order valence-corrected chi connectivity index (χ0v) is 14.6. The van der Waals surface area contributed by atoms with Crippen molar-refractivity contribution >= 4 is 16.7 Å². The van der Waals surface area contributed by atoms with Crippen molar-refractivity contribution < 1.29 is 4.79 Å². The van der Waals surface area contributed by atoms with Gasteiger partial charge in [-0.3, -0.25) is 18.7 Å². The van der Waals surface area contributed by atoms with Gasteiger partial charge in [-0.25, -0.2) is 4.79 Å². The van der Waals surface area contributed by atoms with Gasteiger partial charge in [-0.2, -0.15) is 5.26 Å². The fraction of sp³-hybridized carbons (Fsp3) is 0.263. The highest BCUT2D eigenvalue weighted by atomic mass is 16.2. The third kappa shape index (κ3) is 2.75. The number of carbonyl (C=O) groups is 1. The van der Waals surface area contributed by atoms with Crippen LogP contribution in [0.4, 0.5) is 0 Å². The van der Waals surface area contributed by atoms with E-state index in [2.05, 4.69) is 4.98 Å². The molecule has 0 amide bonds. The van der Waals surface area contributed by atoms with Crippen molar-refractivity contribution in [1.82, 2.24) is 14.1 Å². The zero-order chi connectivity index (χ0) is 18.8. The number of nitrogens with zero attached hydrogens (tertiary/aromatic N) is 3. The number of rotatable bonds is 5. The van der Waals surface area contributed by atoms with Crippen LogP contribution < -0.4 is 11.2 Å². The maximum Gasteiger partial charge on any atom is 0.331 e. The van der Waals surface area contributed by atoms with Crippen LogP contribution in [-0.2, 0) is 19.5 Å². The fourth-order valence-electron chi connectivity index (χ4n) is 3.07. The van der Waals surface area contributed by atoms with E-state index >= 15 is 0 Å². The first-order valence-electron chi connectivity index (χ1n) is 8.38. The Kier molecular flexibility index (Phi) is 4.59. The highest BCUT2D eigenvalue weighted by Crippen LogP contribution is 2.22. The van der Waals surface area contributed by atoms with E-state index in [9.17, 15) is 14.4 Å². The van der Waals surface area contributed by atoms with Gasteiger partial charge in [0.05, 0.1) is 6.54 Å². The minimum absolute atomic E-state index is 0.161. The lowest BCUT2D eigenvalue weighted by Crippen LogP contribution is -2.42. The van der Waals surface area contributed by atoms with Crippen molar-refractivity contribution in [3.63, 3.8) is 0 Å². The molecule has 0 aliphatic heterocycles. The van der Waals surface area contributed by atoms with E-state index in [0.717, 1.165) is 27.5 Å². The molecule has 2 heterocycles. The summed E-state index contributed by atoms with van der Waals surface area (Å²) >= 11 is 0. The molecule has 3 aromatic rings. The predicted molar refractivity (Wildman–Crippen MR) is 97.4 cm³/mol. The van der Waals surface area contributed by atoms with Gasteiger partial charge in [0.1, 0.15) is 11.6 Å². The summed E-state index contributed by atoms with van der Waals surface area (Å²) in [6.07, 6.45) is 3.64. The lowest BCUT2D eigenvalue weighted by molar-refractivity contribution is 0.0970. The second-order valence-electron chi connectivity index (χ2n) is 5.93. The number of ketones is 1. The molecule has 0 aliphatic carbocycles. The Labute approximate surface area is 149 Å². The Bertz CT molecular complexity index is 1160. The molecule has 1 aromatic carbocycles. The van der Waals surface area contributed by atoms with E-state index in [1.54, 1.807) is 19.2 Å². The standard InChI is InChI=1S/C19H18N4O3/c1-3-12-6-5-7-14-15(9-21-17(12)14)16(24)11-23-18(25)13(8-20)10-22(4-2)19(23)26/h5-7,9-10,21H,3-4,11H2,1-2H3. The van der Waals surface area contributed by atoms with E-state index in [1.165, 1.54) is 10.8 Å². The van der Waals surface area contributed by atoms with Gasteiger partial charge >= 0.3 is 5.69 Å². The molecule has 7 nitrogen and oxygen atoms in total. The van der Waals surface area contributed by atoms with Gasteiger partial charge in [0, 0.05) is 35.4 Å². The van der Waals surface area contributed by atoms with Crippen molar-refractivity contribution in [2.45, 2.75) is 33.4 Å². The second-order valence-corrected chi connectivity index (χ2v) is 5.93. The van der Waals surface area contributed by atoms with Gasteiger partial charge in [0.15, 0.2) is 5.78 Å². The lowest BCUT2D eigenvalue weighted by Gasteiger charge is -2.08. The van der Waals surface area contributed by atoms with Gasteiger partial charge in [-0.1, -0.05) is 25.1 Å². The summed E-state index contributed by atoms with van der Waals surface area (Å²) in [5.74, 6) is -0.360. The molecule has 0 saturated carbocycles. The van der Waals surface area contributed by atoms with Crippen LogP contribution in [0.25, 0.3) is 10.9 Å².